The number of nitrogens with one attached hydrogen (secondary N) is 1. The molecule has 0 bridgehead atoms. The van der Waals surface area contributed by atoms with E-state index in [9.17, 15) is 9.59 Å². The molecule has 1 unspecified atom stereocenters. The molecule has 2 amide bonds. The molecule has 6 nitrogen and oxygen atoms in total. The number of hydrogen-bond donors (Lipinski definition) is 1. The van der Waals surface area contributed by atoms with Crippen LogP contribution in [0.4, 0.5) is 5.82 Å². The first-order valence-corrected chi connectivity index (χ1v) is 9.12. The van der Waals surface area contributed by atoms with E-state index >= 15 is 0 Å². The first-order valence-electron chi connectivity index (χ1n) is 9.12. The molecule has 1 atom stereocenters. The lowest BCUT2D eigenvalue weighted by Crippen LogP contribution is -2.41. The number of nitrogens with zero attached hydrogens (tertiary/aromatic N) is 2. The first kappa shape index (κ1) is 19.7. The summed E-state index contributed by atoms with van der Waals surface area (Å²) in [6.07, 6.45) is 2.50. The normalized spacial score (nSPS) is 11.8. The zero-order valence-corrected chi connectivity index (χ0v) is 15.7. The monoisotopic (exact) mass is 357 g/mol. The van der Waals surface area contributed by atoms with Crippen molar-refractivity contribution in [2.24, 2.45) is 0 Å². The van der Waals surface area contributed by atoms with Crippen molar-refractivity contribution < 1.29 is 14.1 Å². The molecule has 2 aromatic rings. The third-order valence-corrected chi connectivity index (χ3v) is 4.23. The number of anilines is 1. The van der Waals surface area contributed by atoms with Crippen LogP contribution in [0.2, 0.25) is 0 Å². The lowest BCUT2D eigenvalue weighted by atomic mass is 9.95. The summed E-state index contributed by atoms with van der Waals surface area (Å²) in [5.41, 5.74) is 0.981. The summed E-state index contributed by atoms with van der Waals surface area (Å²) in [7, 11) is 0. The molecule has 0 saturated carbocycles. The molecule has 0 aliphatic carbocycles. The summed E-state index contributed by atoms with van der Waals surface area (Å²) < 4.78 is 4.95. The molecular weight excluding hydrogens is 330 g/mol. The Morgan fingerprint density at radius 2 is 1.96 bits per heavy atom. The van der Waals surface area contributed by atoms with Crippen LogP contribution in [0, 0.1) is 6.92 Å². The zero-order valence-electron chi connectivity index (χ0n) is 15.7. The molecule has 6 heteroatoms. The molecule has 0 fully saturated rings. The Morgan fingerprint density at radius 1 is 1.23 bits per heavy atom. The van der Waals surface area contributed by atoms with Crippen molar-refractivity contribution in [1.82, 2.24) is 10.1 Å². The Bertz CT molecular complexity index is 712. The molecule has 1 heterocycles. The smallest absolute Gasteiger partial charge is 0.245 e. The predicted molar refractivity (Wildman–Crippen MR) is 101 cm³/mol. The van der Waals surface area contributed by atoms with Crippen LogP contribution in [0.3, 0.4) is 0 Å². The number of aromatic nitrogens is 1. The van der Waals surface area contributed by atoms with Gasteiger partial charge in [-0.3, -0.25) is 9.59 Å². The van der Waals surface area contributed by atoms with Gasteiger partial charge < -0.3 is 14.7 Å². The molecule has 0 saturated heterocycles. The van der Waals surface area contributed by atoms with Crippen molar-refractivity contribution in [2.75, 3.05) is 18.4 Å². The van der Waals surface area contributed by atoms with E-state index in [0.29, 0.717) is 24.5 Å². The first-order chi connectivity index (χ1) is 12.5. The van der Waals surface area contributed by atoms with Gasteiger partial charge in [0.15, 0.2) is 5.82 Å². The lowest BCUT2D eigenvalue weighted by molar-refractivity contribution is -0.136. The van der Waals surface area contributed by atoms with Gasteiger partial charge in [-0.15, -0.1) is 0 Å². The van der Waals surface area contributed by atoms with Gasteiger partial charge >= 0.3 is 0 Å². The van der Waals surface area contributed by atoms with E-state index in [1.165, 1.54) is 0 Å². The Balaban J connectivity index is 2.09. The van der Waals surface area contributed by atoms with Gasteiger partial charge in [-0.2, -0.15) is 0 Å². The molecule has 0 aliphatic heterocycles. The molecule has 1 aromatic heterocycles. The van der Waals surface area contributed by atoms with Gasteiger partial charge in [-0.05, 0) is 25.3 Å². The van der Waals surface area contributed by atoms with Gasteiger partial charge in [-0.25, -0.2) is 0 Å². The minimum Gasteiger partial charge on any atom is -0.360 e. The van der Waals surface area contributed by atoms with E-state index in [1.54, 1.807) is 17.9 Å². The average Bonchev–Trinajstić information content (AvgIpc) is 3.04. The number of carbonyl (C=O) groups excluding carboxylic acids is 2. The molecular formula is C20H27N3O3. The summed E-state index contributed by atoms with van der Waals surface area (Å²) >= 11 is 0. The quantitative estimate of drug-likeness (QED) is 0.742. The second-order valence-corrected chi connectivity index (χ2v) is 6.36. The standard InChI is InChI=1S/C20H27N3O3/c1-4-6-12-23(14-19(24)21-18-13-15(3)26-22-18)20(25)17(5-2)16-10-8-7-9-11-16/h7-11,13,17H,4-6,12,14H2,1-3H3,(H,21,22,24). The Morgan fingerprint density at radius 3 is 2.54 bits per heavy atom. The second-order valence-electron chi connectivity index (χ2n) is 6.36. The summed E-state index contributed by atoms with van der Waals surface area (Å²) in [6, 6.07) is 11.4. The van der Waals surface area contributed by atoms with Gasteiger partial charge in [0, 0.05) is 12.6 Å². The fraction of sp³-hybridized carbons (Fsp3) is 0.450. The van der Waals surface area contributed by atoms with E-state index in [0.717, 1.165) is 18.4 Å². The summed E-state index contributed by atoms with van der Waals surface area (Å²) in [5.74, 6) is 0.458. The van der Waals surface area contributed by atoms with Crippen LogP contribution in [0.5, 0.6) is 0 Å². The van der Waals surface area contributed by atoms with Crippen LogP contribution >= 0.6 is 0 Å². The van der Waals surface area contributed by atoms with E-state index in [2.05, 4.69) is 17.4 Å². The maximum absolute atomic E-state index is 13.1. The van der Waals surface area contributed by atoms with E-state index in [4.69, 9.17) is 4.52 Å². The fourth-order valence-electron chi connectivity index (χ4n) is 2.86. The Hall–Kier alpha value is -2.63. The summed E-state index contributed by atoms with van der Waals surface area (Å²) in [4.78, 5) is 27.1. The van der Waals surface area contributed by atoms with Crippen LogP contribution in [0.25, 0.3) is 0 Å². The molecule has 0 radical (unpaired) electrons. The largest absolute Gasteiger partial charge is 0.360 e. The number of rotatable bonds is 9. The number of aryl methyl sites for hydroxylation is 1. The van der Waals surface area contributed by atoms with Crippen molar-refractivity contribution in [1.29, 1.82) is 0 Å². The van der Waals surface area contributed by atoms with E-state index < -0.39 is 0 Å². The fourth-order valence-corrected chi connectivity index (χ4v) is 2.86. The van der Waals surface area contributed by atoms with Gasteiger partial charge in [-0.1, -0.05) is 55.8 Å². The third kappa shape index (κ3) is 5.44. The zero-order chi connectivity index (χ0) is 18.9. The summed E-state index contributed by atoms with van der Waals surface area (Å²) in [5, 5.41) is 6.44. The minimum absolute atomic E-state index is 0.00801. The van der Waals surface area contributed by atoms with Crippen molar-refractivity contribution in [3.63, 3.8) is 0 Å². The molecule has 0 aliphatic rings. The highest BCUT2D eigenvalue weighted by Gasteiger charge is 2.25. The highest BCUT2D eigenvalue weighted by Crippen LogP contribution is 2.22. The second kappa shape index (κ2) is 9.75. The number of carbonyl (C=O) groups is 2. The SMILES string of the molecule is CCCCN(CC(=O)Nc1cc(C)on1)C(=O)C(CC)c1ccccc1. The van der Waals surface area contributed by atoms with Gasteiger partial charge in [0.25, 0.3) is 0 Å². The highest BCUT2D eigenvalue weighted by molar-refractivity contribution is 5.95. The van der Waals surface area contributed by atoms with E-state index in [-0.39, 0.29) is 24.3 Å². The molecule has 140 valence electrons. The van der Waals surface area contributed by atoms with Crippen LogP contribution < -0.4 is 5.32 Å². The van der Waals surface area contributed by atoms with Gasteiger partial charge in [0.2, 0.25) is 11.8 Å². The number of amides is 2. The van der Waals surface area contributed by atoms with Crippen molar-refractivity contribution in [3.05, 3.63) is 47.7 Å². The van der Waals surface area contributed by atoms with Crippen molar-refractivity contribution in [2.45, 2.75) is 46.0 Å². The van der Waals surface area contributed by atoms with Crippen LogP contribution in [0.15, 0.2) is 40.9 Å². The van der Waals surface area contributed by atoms with Crippen LogP contribution in [0.1, 0.15) is 50.4 Å². The number of hydrogen-bond acceptors (Lipinski definition) is 4. The molecule has 1 aromatic carbocycles. The molecule has 0 spiro atoms. The van der Waals surface area contributed by atoms with Crippen molar-refractivity contribution in [3.8, 4) is 0 Å². The van der Waals surface area contributed by atoms with Gasteiger partial charge in [0.05, 0.1) is 12.5 Å². The highest BCUT2D eigenvalue weighted by atomic mass is 16.5. The average molecular weight is 357 g/mol. The number of unbranched alkanes of at least 4 members (excludes halogenated alkanes) is 1. The van der Waals surface area contributed by atoms with Crippen LogP contribution in [-0.4, -0.2) is 35.0 Å². The summed E-state index contributed by atoms with van der Waals surface area (Å²) in [6.45, 7) is 6.38. The van der Waals surface area contributed by atoms with E-state index in [1.807, 2.05) is 37.3 Å². The topological polar surface area (TPSA) is 75.4 Å². The van der Waals surface area contributed by atoms with Crippen LogP contribution in [-0.2, 0) is 9.59 Å². The molecule has 1 N–H and O–H groups in total. The maximum atomic E-state index is 13.1. The Kier molecular flexibility index (Phi) is 7.38. The molecule has 26 heavy (non-hydrogen) atoms. The number of benzene rings is 1. The predicted octanol–water partition coefficient (Wildman–Crippen LogP) is 3.74. The minimum atomic E-state index is -0.273. The maximum Gasteiger partial charge on any atom is 0.245 e. The van der Waals surface area contributed by atoms with Gasteiger partial charge in [0.1, 0.15) is 5.76 Å². The third-order valence-electron chi connectivity index (χ3n) is 4.23. The molecule has 2 rings (SSSR count). The Labute approximate surface area is 154 Å². The van der Waals surface area contributed by atoms with Crippen molar-refractivity contribution >= 4 is 17.6 Å². The lowest BCUT2D eigenvalue weighted by Gasteiger charge is -2.26.